The molecule has 0 aromatic rings. The first-order valence-corrected chi connectivity index (χ1v) is 0. The molecule has 0 bridgehead atoms. The van der Waals surface area contributed by atoms with Crippen LogP contribution < -0.4 is 0 Å². The Balaban J connectivity index is 0. The van der Waals surface area contributed by atoms with E-state index >= 15 is 0 Å². The molecule has 0 aromatic carbocycles. The Labute approximate surface area is 68.8 Å². The van der Waals surface area contributed by atoms with Crippen molar-refractivity contribution in [2.75, 3.05) is 0 Å². The molecule has 0 aromatic heterocycles. The molecule has 0 N–H and O–H groups in total. The molecule has 0 fully saturated rings. The van der Waals surface area contributed by atoms with E-state index in [0.717, 1.165) is 0 Å². The largest absolute Gasteiger partial charge is 4.00 e. The minimum absolute atomic E-state index is 0. The second-order valence-corrected chi connectivity index (χ2v) is 0. The van der Waals surface area contributed by atoms with Crippen LogP contribution in [0.2, 0.25) is 0 Å². The zero-order chi connectivity index (χ0) is 0. The van der Waals surface area contributed by atoms with Gasteiger partial charge in [-0.15, -0.1) is 0 Å². The smallest absolute Gasteiger partial charge is 2.00 e. The molecular weight excluding hydrogens is 201 g/mol. The molecule has 0 radical (unpaired) electrons. The summed E-state index contributed by atoms with van der Waals surface area (Å²) in [7, 11) is 0. The molecule has 0 heterocycles. The standard InChI is InChI=1S/Fe.2O.Ti.Zn/q;2*-2;+4;. The molecule has 0 atom stereocenters. The van der Waals surface area contributed by atoms with Crippen molar-refractivity contribution in [1.82, 2.24) is 0 Å². The molecule has 0 aliphatic heterocycles. The first-order valence-electron chi connectivity index (χ1n) is 0. The van der Waals surface area contributed by atoms with Gasteiger partial charge < -0.3 is 11.0 Å². The molecule has 2 nitrogen and oxygen atoms in total. The van der Waals surface area contributed by atoms with E-state index in [1.54, 1.807) is 0 Å². The van der Waals surface area contributed by atoms with Gasteiger partial charge in [0.2, 0.25) is 0 Å². The third kappa shape index (κ3) is 26.1. The van der Waals surface area contributed by atoms with Crippen LogP contribution in [0.5, 0.6) is 0 Å². The van der Waals surface area contributed by atoms with Crippen LogP contribution in [0.25, 0.3) is 0 Å². The fourth-order valence-electron chi connectivity index (χ4n) is 0. The van der Waals surface area contributed by atoms with E-state index in [0.29, 0.717) is 0 Å². The zero-order valence-corrected chi connectivity index (χ0v) is 8.01. The van der Waals surface area contributed by atoms with E-state index in [1.165, 1.54) is 0 Å². The van der Waals surface area contributed by atoms with Crippen molar-refractivity contribution in [3.05, 3.63) is 0 Å². The van der Waals surface area contributed by atoms with Crippen LogP contribution in [0.3, 0.4) is 0 Å². The maximum Gasteiger partial charge on any atom is 4.00 e. The van der Waals surface area contributed by atoms with Gasteiger partial charge in [-0.05, 0) is 0 Å². The third-order valence-electron chi connectivity index (χ3n) is 0. The van der Waals surface area contributed by atoms with E-state index < -0.39 is 0 Å². The van der Waals surface area contributed by atoms with Crippen molar-refractivity contribution in [3.8, 4) is 0 Å². The Bertz CT molecular complexity index is 9.61. The van der Waals surface area contributed by atoms with Crippen LogP contribution >= 0.6 is 0 Å². The van der Waals surface area contributed by atoms with E-state index in [9.17, 15) is 0 Å². The van der Waals surface area contributed by atoms with Gasteiger partial charge in [-0.1, -0.05) is 0 Å². The van der Waals surface area contributed by atoms with E-state index in [-0.39, 0.29) is 69.2 Å². The molecule has 0 aliphatic rings. The Hall–Kier alpha value is 1.78. The number of hydrogen-bond donors (Lipinski definition) is 0. The summed E-state index contributed by atoms with van der Waals surface area (Å²) < 4.78 is 0. The second-order valence-electron chi connectivity index (χ2n) is 0. The first kappa shape index (κ1) is 71.6. The second kappa shape index (κ2) is 41.7. The molecule has 0 saturated heterocycles. The first-order chi connectivity index (χ1) is 0. The molecule has 0 rings (SSSR count). The monoisotopic (exact) mass is 200 g/mol. The van der Waals surface area contributed by atoms with Gasteiger partial charge in [-0.2, -0.15) is 0 Å². The molecule has 0 amide bonds. The molecule has 26 valence electrons. The summed E-state index contributed by atoms with van der Waals surface area (Å²) >= 11 is 0. The Morgan fingerprint density at radius 2 is 0.800 bits per heavy atom. The van der Waals surface area contributed by atoms with Crippen LogP contribution in [-0.2, 0) is 69.2 Å². The SMILES string of the molecule is [Fe].[O-2].[O-2].[Ti+4].[Zn]. The van der Waals surface area contributed by atoms with Crippen molar-refractivity contribution < 1.29 is 69.2 Å². The summed E-state index contributed by atoms with van der Waals surface area (Å²) in [6.45, 7) is 0. The Morgan fingerprint density at radius 3 is 0.800 bits per heavy atom. The van der Waals surface area contributed by atoms with Crippen molar-refractivity contribution in [2.24, 2.45) is 0 Å². The quantitative estimate of drug-likeness (QED) is 0.485. The van der Waals surface area contributed by atoms with E-state index in [4.69, 9.17) is 0 Å². The van der Waals surface area contributed by atoms with Crippen LogP contribution in [0.15, 0.2) is 0 Å². The van der Waals surface area contributed by atoms with Crippen molar-refractivity contribution >= 4 is 0 Å². The third-order valence-corrected chi connectivity index (χ3v) is 0. The van der Waals surface area contributed by atoms with Gasteiger partial charge in [0.05, 0.1) is 0 Å². The van der Waals surface area contributed by atoms with Crippen molar-refractivity contribution in [1.29, 1.82) is 0 Å². The van der Waals surface area contributed by atoms with Gasteiger partial charge in [0.1, 0.15) is 0 Å². The molecule has 0 aliphatic carbocycles. The summed E-state index contributed by atoms with van der Waals surface area (Å²) in [5, 5.41) is 0. The summed E-state index contributed by atoms with van der Waals surface area (Å²) in [4.78, 5) is 0. The normalized spacial score (nSPS) is 0. The molecular formula is FeO2TiZn. The number of rotatable bonds is 0. The molecule has 5 heteroatoms. The maximum absolute atomic E-state index is 0. The Morgan fingerprint density at radius 1 is 0.800 bits per heavy atom. The fourth-order valence-corrected chi connectivity index (χ4v) is 0. The van der Waals surface area contributed by atoms with Gasteiger partial charge in [0.25, 0.3) is 0 Å². The average Bonchev–Trinajstić information content (AvgIpc) is 0. The van der Waals surface area contributed by atoms with Crippen LogP contribution in [0.1, 0.15) is 0 Å². The molecule has 0 spiro atoms. The van der Waals surface area contributed by atoms with Gasteiger partial charge >= 0.3 is 21.7 Å². The van der Waals surface area contributed by atoms with Gasteiger partial charge in [-0.3, -0.25) is 0 Å². The number of hydrogen-bond acceptors (Lipinski definition) is 0. The fraction of sp³-hybridized carbons (Fsp3) is 0. The van der Waals surface area contributed by atoms with Crippen LogP contribution in [-0.4, -0.2) is 0 Å². The average molecular weight is 201 g/mol. The minimum Gasteiger partial charge on any atom is -2.00 e. The molecule has 0 unspecified atom stereocenters. The topological polar surface area (TPSA) is 57.0 Å². The van der Waals surface area contributed by atoms with Gasteiger partial charge in [-0.25, -0.2) is 0 Å². The van der Waals surface area contributed by atoms with Gasteiger partial charge in [0.15, 0.2) is 0 Å². The van der Waals surface area contributed by atoms with E-state index in [2.05, 4.69) is 0 Å². The van der Waals surface area contributed by atoms with Crippen molar-refractivity contribution in [2.45, 2.75) is 0 Å². The van der Waals surface area contributed by atoms with Crippen LogP contribution in [0.4, 0.5) is 0 Å². The van der Waals surface area contributed by atoms with E-state index in [1.807, 2.05) is 0 Å². The predicted molar refractivity (Wildman–Crippen MR) is 1.37 cm³/mol. The molecule has 0 saturated carbocycles. The minimum atomic E-state index is 0. The van der Waals surface area contributed by atoms with Crippen molar-refractivity contribution in [3.63, 3.8) is 0 Å². The summed E-state index contributed by atoms with van der Waals surface area (Å²) in [5.74, 6) is 0. The maximum atomic E-state index is 0. The summed E-state index contributed by atoms with van der Waals surface area (Å²) in [5.41, 5.74) is 0. The van der Waals surface area contributed by atoms with Crippen LogP contribution in [0, 0.1) is 0 Å². The summed E-state index contributed by atoms with van der Waals surface area (Å²) in [6, 6.07) is 0. The Kier molecular flexibility index (Phi) is 598. The summed E-state index contributed by atoms with van der Waals surface area (Å²) in [6.07, 6.45) is 0. The predicted octanol–water partition coefficient (Wildman–Crippen LogP) is -0.245. The van der Waals surface area contributed by atoms with Gasteiger partial charge in [0, 0.05) is 36.5 Å². The molecule has 5 heavy (non-hydrogen) atoms. The zero-order valence-electron chi connectivity index (χ0n) is 2.38.